The molecule has 0 atom stereocenters. The number of rotatable bonds is 10. The molecule has 2 heterocycles. The number of nitrogens with zero attached hydrogens (tertiary/aromatic N) is 4. The van der Waals surface area contributed by atoms with Gasteiger partial charge >= 0.3 is 0 Å². The number of thioether (sulfide) groups is 1. The third-order valence-electron chi connectivity index (χ3n) is 6.23. The lowest BCUT2D eigenvalue weighted by Gasteiger charge is -2.18. The van der Waals surface area contributed by atoms with E-state index in [1.165, 1.54) is 54.1 Å². The summed E-state index contributed by atoms with van der Waals surface area (Å²) in [6.45, 7) is 5.01. The Kier molecular flexibility index (Phi) is 8.52. The highest BCUT2D eigenvalue weighted by molar-refractivity contribution is 7.99. The van der Waals surface area contributed by atoms with Crippen molar-refractivity contribution in [3.05, 3.63) is 65.5 Å². The van der Waals surface area contributed by atoms with Crippen molar-refractivity contribution < 1.29 is 4.79 Å². The first kappa shape index (κ1) is 24.2. The molecule has 0 saturated heterocycles. The zero-order valence-electron chi connectivity index (χ0n) is 20.1. The van der Waals surface area contributed by atoms with Crippen LogP contribution in [0.5, 0.6) is 0 Å². The van der Waals surface area contributed by atoms with Crippen LogP contribution in [0.15, 0.2) is 59.5 Å². The van der Waals surface area contributed by atoms with Crippen molar-refractivity contribution in [3.8, 4) is 17.1 Å². The molecule has 0 saturated carbocycles. The highest BCUT2D eigenvalue weighted by atomic mass is 32.2. The van der Waals surface area contributed by atoms with Crippen molar-refractivity contribution in [1.82, 2.24) is 25.1 Å². The number of allylic oxidation sites excluding steroid dienone is 1. The number of carbonyl (C=O) groups excluding carboxylic acids is 1. The fourth-order valence-corrected chi connectivity index (χ4v) is 5.19. The monoisotopic (exact) mass is 475 g/mol. The van der Waals surface area contributed by atoms with E-state index in [1.807, 2.05) is 18.3 Å². The second-order valence-corrected chi connectivity index (χ2v) is 9.45. The number of benzene rings is 1. The molecule has 1 aliphatic carbocycles. The molecule has 178 valence electrons. The van der Waals surface area contributed by atoms with Crippen molar-refractivity contribution in [1.29, 1.82) is 0 Å². The van der Waals surface area contributed by atoms with Gasteiger partial charge in [0.2, 0.25) is 5.91 Å². The van der Waals surface area contributed by atoms with Crippen LogP contribution in [0.2, 0.25) is 0 Å². The second-order valence-electron chi connectivity index (χ2n) is 8.51. The number of hydrogen-bond acceptors (Lipinski definition) is 5. The first-order chi connectivity index (χ1) is 16.7. The molecule has 1 aromatic carbocycles. The average molecular weight is 476 g/mol. The van der Waals surface area contributed by atoms with Gasteiger partial charge in [-0.25, -0.2) is 0 Å². The summed E-state index contributed by atoms with van der Waals surface area (Å²) in [4.78, 5) is 16.9. The minimum absolute atomic E-state index is 0.0263. The number of amides is 1. The number of pyridine rings is 1. The summed E-state index contributed by atoms with van der Waals surface area (Å²) < 4.78 is 2.11. The third-order valence-corrected chi connectivity index (χ3v) is 7.16. The van der Waals surface area contributed by atoms with E-state index in [0.717, 1.165) is 41.5 Å². The summed E-state index contributed by atoms with van der Waals surface area (Å²) in [6, 6.07) is 10.3. The normalized spacial score (nSPS) is 13.5. The number of aryl methyl sites for hydroxylation is 2. The van der Waals surface area contributed by atoms with Gasteiger partial charge in [-0.3, -0.25) is 14.3 Å². The number of hydrogen-bond donors (Lipinski definition) is 1. The molecule has 4 rings (SSSR count). The van der Waals surface area contributed by atoms with Crippen molar-refractivity contribution in [2.75, 3.05) is 12.3 Å². The third kappa shape index (κ3) is 5.76. The van der Waals surface area contributed by atoms with Gasteiger partial charge in [-0.05, 0) is 68.2 Å². The Balaban J connectivity index is 1.56. The van der Waals surface area contributed by atoms with E-state index in [-0.39, 0.29) is 5.91 Å². The maximum Gasteiger partial charge on any atom is 0.230 e. The van der Waals surface area contributed by atoms with Crippen molar-refractivity contribution in [2.24, 2.45) is 0 Å². The van der Waals surface area contributed by atoms with Gasteiger partial charge in [0.05, 0.1) is 11.4 Å². The predicted octanol–water partition coefficient (Wildman–Crippen LogP) is 5.55. The van der Waals surface area contributed by atoms with Crippen LogP contribution in [-0.4, -0.2) is 38.0 Å². The topological polar surface area (TPSA) is 72.7 Å². The number of aromatic nitrogens is 4. The van der Waals surface area contributed by atoms with E-state index in [4.69, 9.17) is 0 Å². The molecule has 1 N–H and O–H groups in total. The van der Waals surface area contributed by atoms with E-state index in [1.54, 1.807) is 6.20 Å². The summed E-state index contributed by atoms with van der Waals surface area (Å²) in [5.74, 6) is 1.08. The molecule has 0 bridgehead atoms. The predicted molar refractivity (Wildman–Crippen MR) is 138 cm³/mol. The number of carbonyl (C=O) groups is 1. The van der Waals surface area contributed by atoms with Gasteiger partial charge in [0, 0.05) is 24.5 Å². The highest BCUT2D eigenvalue weighted by Gasteiger charge is 2.21. The number of nitrogens with one attached hydrogen (secondary N) is 1. The molecule has 3 aromatic rings. The molecule has 6 nitrogen and oxygen atoms in total. The Hall–Kier alpha value is -2.93. The minimum atomic E-state index is 0.0263. The van der Waals surface area contributed by atoms with Gasteiger partial charge in [-0.1, -0.05) is 55.5 Å². The molecule has 0 aliphatic heterocycles. The number of para-hydroxylation sites is 1. The quantitative estimate of drug-likeness (QED) is 0.307. The molecule has 0 spiro atoms. The molecule has 0 radical (unpaired) electrons. The van der Waals surface area contributed by atoms with Gasteiger partial charge in [-0.2, -0.15) is 0 Å². The zero-order chi connectivity index (χ0) is 23.8. The Morgan fingerprint density at radius 1 is 1.09 bits per heavy atom. The average Bonchev–Trinajstić information content (AvgIpc) is 3.31. The molecule has 1 amide bonds. The Bertz CT molecular complexity index is 1120. The summed E-state index contributed by atoms with van der Waals surface area (Å²) in [6.07, 6.45) is 13.5. The van der Waals surface area contributed by atoms with Crippen LogP contribution in [0.3, 0.4) is 0 Å². The van der Waals surface area contributed by atoms with Gasteiger partial charge in [-0.15, -0.1) is 10.2 Å². The fourth-order valence-electron chi connectivity index (χ4n) is 4.42. The van der Waals surface area contributed by atoms with E-state index >= 15 is 0 Å². The van der Waals surface area contributed by atoms with Crippen LogP contribution in [0, 0.1) is 0 Å². The molecule has 0 fully saturated rings. The minimum Gasteiger partial charge on any atom is -0.355 e. The summed E-state index contributed by atoms with van der Waals surface area (Å²) in [7, 11) is 0. The SMILES string of the molecule is CCc1cccc(CC)c1-n1c(SCC(=O)NCCC2=CCCCC2)nnc1-c1cccnc1. The summed E-state index contributed by atoms with van der Waals surface area (Å²) in [5, 5.41) is 12.8. The smallest absolute Gasteiger partial charge is 0.230 e. The lowest BCUT2D eigenvalue weighted by atomic mass is 9.97. The van der Waals surface area contributed by atoms with E-state index in [0.29, 0.717) is 12.3 Å². The van der Waals surface area contributed by atoms with Crippen molar-refractivity contribution in [3.63, 3.8) is 0 Å². The van der Waals surface area contributed by atoms with Crippen LogP contribution >= 0.6 is 11.8 Å². The van der Waals surface area contributed by atoms with Gasteiger partial charge in [0.25, 0.3) is 0 Å². The summed E-state index contributed by atoms with van der Waals surface area (Å²) in [5.41, 5.74) is 5.96. The molecule has 34 heavy (non-hydrogen) atoms. The van der Waals surface area contributed by atoms with Gasteiger partial charge in [0.15, 0.2) is 11.0 Å². The molecule has 2 aromatic heterocycles. The molecule has 1 aliphatic rings. The lowest BCUT2D eigenvalue weighted by molar-refractivity contribution is -0.118. The van der Waals surface area contributed by atoms with Crippen molar-refractivity contribution >= 4 is 17.7 Å². The largest absolute Gasteiger partial charge is 0.355 e. The van der Waals surface area contributed by atoms with Crippen LogP contribution < -0.4 is 5.32 Å². The van der Waals surface area contributed by atoms with E-state index < -0.39 is 0 Å². The van der Waals surface area contributed by atoms with E-state index in [9.17, 15) is 4.79 Å². The van der Waals surface area contributed by atoms with Gasteiger partial charge < -0.3 is 5.32 Å². The zero-order valence-corrected chi connectivity index (χ0v) is 20.9. The Morgan fingerprint density at radius 2 is 1.91 bits per heavy atom. The maximum atomic E-state index is 12.6. The molecular formula is C27H33N5OS. The molecule has 7 heteroatoms. The fraction of sp³-hybridized carbons (Fsp3) is 0.407. The first-order valence-electron chi connectivity index (χ1n) is 12.3. The van der Waals surface area contributed by atoms with Crippen LogP contribution in [0.4, 0.5) is 0 Å². The second kappa shape index (κ2) is 12.0. The lowest BCUT2D eigenvalue weighted by Crippen LogP contribution is -2.26. The van der Waals surface area contributed by atoms with Crippen molar-refractivity contribution in [2.45, 2.75) is 63.9 Å². The Labute approximate surface area is 206 Å². The van der Waals surface area contributed by atoms with Crippen LogP contribution in [0.25, 0.3) is 17.1 Å². The maximum absolute atomic E-state index is 12.6. The first-order valence-corrected chi connectivity index (χ1v) is 13.2. The molecule has 0 unspecified atom stereocenters. The summed E-state index contributed by atoms with van der Waals surface area (Å²) >= 11 is 1.43. The van der Waals surface area contributed by atoms with Crippen LogP contribution in [0.1, 0.15) is 57.1 Å². The van der Waals surface area contributed by atoms with E-state index in [2.05, 4.69) is 63.2 Å². The Morgan fingerprint density at radius 3 is 2.59 bits per heavy atom. The van der Waals surface area contributed by atoms with Gasteiger partial charge in [0.1, 0.15) is 0 Å². The molecular weight excluding hydrogens is 442 g/mol. The highest BCUT2D eigenvalue weighted by Crippen LogP contribution is 2.32. The van der Waals surface area contributed by atoms with Crippen LogP contribution in [-0.2, 0) is 17.6 Å². The standard InChI is InChI=1S/C27H33N5OS/c1-3-21-12-8-13-22(4-2)25(21)32-26(23-14-9-16-28-18-23)30-31-27(32)34-19-24(33)29-17-15-20-10-6-5-7-11-20/h8-10,12-14,16,18H,3-7,11,15,17,19H2,1-2H3,(H,29,33).